The highest BCUT2D eigenvalue weighted by Gasteiger charge is 2.32. The smallest absolute Gasteiger partial charge is 0.416 e. The second-order valence-corrected chi connectivity index (χ2v) is 9.85. The van der Waals surface area contributed by atoms with E-state index in [2.05, 4.69) is 28.6 Å². The van der Waals surface area contributed by atoms with Gasteiger partial charge in [0, 0.05) is 43.9 Å². The summed E-state index contributed by atoms with van der Waals surface area (Å²) < 4.78 is 50.2. The first-order chi connectivity index (χ1) is 16.1. The molecule has 0 aliphatic carbocycles. The highest BCUT2D eigenvalue weighted by molar-refractivity contribution is 7.22. The van der Waals surface area contributed by atoms with Gasteiger partial charge < -0.3 is 19.2 Å². The summed E-state index contributed by atoms with van der Waals surface area (Å²) >= 11 is 1.30. The molecule has 0 unspecified atom stereocenters. The number of aliphatic carboxylic acids is 1. The average Bonchev–Trinajstić information content (AvgIpc) is 3.37. The number of benzene rings is 1. The number of ether oxygens (including phenoxy) is 1. The van der Waals surface area contributed by atoms with Crippen molar-refractivity contribution in [2.75, 3.05) is 31.1 Å². The number of piperazine rings is 1. The van der Waals surface area contributed by atoms with Crippen LogP contribution in [0.5, 0.6) is 5.95 Å². The van der Waals surface area contributed by atoms with E-state index in [1.165, 1.54) is 23.5 Å². The molecule has 34 heavy (non-hydrogen) atoms. The van der Waals surface area contributed by atoms with Crippen LogP contribution in [0.15, 0.2) is 34.9 Å². The fourth-order valence-corrected chi connectivity index (χ4v) is 5.28. The van der Waals surface area contributed by atoms with Gasteiger partial charge in [-0.25, -0.2) is 9.78 Å². The van der Waals surface area contributed by atoms with Crippen molar-refractivity contribution >= 4 is 32.7 Å². The van der Waals surface area contributed by atoms with Crippen molar-refractivity contribution in [2.24, 2.45) is 5.92 Å². The van der Waals surface area contributed by atoms with Crippen molar-refractivity contribution in [1.82, 2.24) is 9.88 Å². The van der Waals surface area contributed by atoms with Crippen LogP contribution in [0, 0.1) is 5.92 Å². The molecule has 0 amide bonds. The quantitative estimate of drug-likeness (QED) is 0.463. The van der Waals surface area contributed by atoms with Gasteiger partial charge in [-0.1, -0.05) is 25.2 Å². The van der Waals surface area contributed by atoms with Crippen LogP contribution in [0.2, 0.25) is 0 Å². The molecular formula is C23H26F3N3O4S. The van der Waals surface area contributed by atoms with Crippen LogP contribution in [0.1, 0.15) is 31.4 Å². The third-order valence-corrected chi connectivity index (χ3v) is 6.69. The molecule has 184 valence electrons. The lowest BCUT2D eigenvalue weighted by molar-refractivity contribution is -0.139. The predicted molar refractivity (Wildman–Crippen MR) is 122 cm³/mol. The second-order valence-electron chi connectivity index (χ2n) is 8.84. The number of thiazole rings is 1. The van der Waals surface area contributed by atoms with Crippen molar-refractivity contribution in [2.45, 2.75) is 39.0 Å². The first kappa shape index (κ1) is 24.3. The van der Waals surface area contributed by atoms with Gasteiger partial charge in [-0.3, -0.25) is 4.90 Å². The van der Waals surface area contributed by atoms with Gasteiger partial charge in [-0.15, -0.1) is 0 Å². The number of carboxylic acid groups (broad SMARTS) is 1. The molecule has 3 aromatic rings. The summed E-state index contributed by atoms with van der Waals surface area (Å²) in [6.07, 6.45) is -1.90. The summed E-state index contributed by atoms with van der Waals surface area (Å²) in [5.41, 5.74) is 0.799. The van der Waals surface area contributed by atoms with Crippen LogP contribution in [0.3, 0.4) is 0 Å². The number of halogens is 3. The summed E-state index contributed by atoms with van der Waals surface area (Å²) in [6.45, 7) is 6.66. The van der Waals surface area contributed by atoms with E-state index in [-0.39, 0.29) is 12.0 Å². The Labute approximate surface area is 198 Å². The van der Waals surface area contributed by atoms with E-state index in [1.54, 1.807) is 12.3 Å². The van der Waals surface area contributed by atoms with Crippen LogP contribution < -0.4 is 9.64 Å². The minimum atomic E-state index is -4.38. The van der Waals surface area contributed by atoms with Gasteiger partial charge in [0.15, 0.2) is 11.7 Å². The van der Waals surface area contributed by atoms with Crippen LogP contribution in [-0.2, 0) is 17.5 Å². The van der Waals surface area contributed by atoms with E-state index < -0.39 is 24.3 Å². The maximum atomic E-state index is 13.1. The van der Waals surface area contributed by atoms with Crippen molar-refractivity contribution in [3.63, 3.8) is 0 Å². The van der Waals surface area contributed by atoms with Crippen molar-refractivity contribution in [1.29, 1.82) is 0 Å². The standard InChI is InChI=1S/C23H26F3N3O4S/c1-14(2)7-17-11-28(10-15-8-21(32-12-15)33-13-20(30)31)5-6-29(17)22-27-18-4-3-16(23(24,25)26)9-19(18)34-22/h3-4,8-9,12,14,17H,5-7,10-11,13H2,1-2H3,(H,30,31)/t17-/m1/s1. The summed E-state index contributed by atoms with van der Waals surface area (Å²) in [7, 11) is 0. The zero-order chi connectivity index (χ0) is 24.5. The highest BCUT2D eigenvalue weighted by atomic mass is 32.1. The van der Waals surface area contributed by atoms with E-state index in [1.807, 2.05) is 0 Å². The zero-order valence-corrected chi connectivity index (χ0v) is 19.7. The maximum Gasteiger partial charge on any atom is 0.416 e. The number of hydrogen-bond acceptors (Lipinski definition) is 7. The lowest BCUT2D eigenvalue weighted by atomic mass is 10.00. The normalized spacial score (nSPS) is 17.6. The number of aromatic nitrogens is 1. The fourth-order valence-electron chi connectivity index (χ4n) is 4.18. The van der Waals surface area contributed by atoms with Crippen LogP contribution in [-0.4, -0.2) is 53.2 Å². The molecule has 3 heterocycles. The van der Waals surface area contributed by atoms with E-state index in [0.29, 0.717) is 29.2 Å². The molecule has 1 aromatic carbocycles. The summed E-state index contributed by atoms with van der Waals surface area (Å²) in [5.74, 6) is -0.471. The molecule has 0 radical (unpaired) electrons. The third kappa shape index (κ3) is 5.82. The van der Waals surface area contributed by atoms with Gasteiger partial charge in [0.25, 0.3) is 5.95 Å². The average molecular weight is 498 g/mol. The Morgan fingerprint density at radius 3 is 2.82 bits per heavy atom. The molecule has 0 saturated carbocycles. The largest absolute Gasteiger partial charge is 0.479 e. The van der Waals surface area contributed by atoms with Crippen LogP contribution in [0.4, 0.5) is 18.3 Å². The molecule has 0 bridgehead atoms. The number of furan rings is 1. The van der Waals surface area contributed by atoms with Gasteiger partial charge in [0.2, 0.25) is 0 Å². The van der Waals surface area contributed by atoms with Crippen molar-refractivity contribution in [3.05, 3.63) is 41.7 Å². The Balaban J connectivity index is 1.48. The molecule has 1 aliphatic rings. The van der Waals surface area contributed by atoms with Crippen LogP contribution in [0.25, 0.3) is 10.2 Å². The molecule has 2 aromatic heterocycles. The van der Waals surface area contributed by atoms with E-state index in [4.69, 9.17) is 14.3 Å². The molecule has 1 N–H and O–H groups in total. The van der Waals surface area contributed by atoms with Gasteiger partial charge in [-0.2, -0.15) is 13.2 Å². The fraction of sp³-hybridized carbons (Fsp3) is 0.478. The minimum Gasteiger partial charge on any atom is -0.479 e. The lowest BCUT2D eigenvalue weighted by Gasteiger charge is -2.42. The van der Waals surface area contributed by atoms with Gasteiger partial charge in [-0.05, 0) is 30.5 Å². The first-order valence-corrected chi connectivity index (χ1v) is 11.8. The molecule has 1 fully saturated rings. The van der Waals surface area contributed by atoms with Gasteiger partial charge in [0.05, 0.1) is 22.0 Å². The third-order valence-electron chi connectivity index (χ3n) is 5.63. The lowest BCUT2D eigenvalue weighted by Crippen LogP contribution is -2.53. The number of hydrogen-bond donors (Lipinski definition) is 1. The maximum absolute atomic E-state index is 13.1. The second kappa shape index (κ2) is 9.83. The van der Waals surface area contributed by atoms with Crippen molar-refractivity contribution < 1.29 is 32.2 Å². The molecule has 0 spiro atoms. The molecule has 1 aliphatic heterocycles. The number of fused-ring (bicyclic) bond motifs is 1. The Bertz CT molecular complexity index is 1140. The van der Waals surface area contributed by atoms with E-state index >= 15 is 0 Å². The molecular weight excluding hydrogens is 471 g/mol. The first-order valence-electron chi connectivity index (χ1n) is 11.0. The SMILES string of the molecule is CC(C)C[C@@H]1CN(Cc2coc(OCC(=O)O)c2)CCN1c1nc2ccc(C(F)(F)F)cc2s1. The Hall–Kier alpha value is -2.79. The molecule has 1 saturated heterocycles. The number of carboxylic acids is 1. The van der Waals surface area contributed by atoms with Crippen LogP contribution >= 0.6 is 11.3 Å². The highest BCUT2D eigenvalue weighted by Crippen LogP contribution is 2.37. The van der Waals surface area contributed by atoms with E-state index in [0.717, 1.165) is 36.3 Å². The Kier molecular flexibility index (Phi) is 7.04. The number of alkyl halides is 3. The minimum absolute atomic E-state index is 0.158. The summed E-state index contributed by atoms with van der Waals surface area (Å²) in [5, 5.41) is 9.47. The van der Waals surface area contributed by atoms with Gasteiger partial charge in [0.1, 0.15) is 0 Å². The molecule has 1 atom stereocenters. The Morgan fingerprint density at radius 2 is 2.12 bits per heavy atom. The zero-order valence-electron chi connectivity index (χ0n) is 18.8. The number of rotatable bonds is 8. The number of anilines is 1. The molecule has 11 heteroatoms. The number of carbonyl (C=O) groups is 1. The van der Waals surface area contributed by atoms with E-state index in [9.17, 15) is 18.0 Å². The topological polar surface area (TPSA) is 79.0 Å². The summed E-state index contributed by atoms with van der Waals surface area (Å²) in [6, 6.07) is 5.54. The Morgan fingerprint density at radius 1 is 1.32 bits per heavy atom. The molecule has 7 nitrogen and oxygen atoms in total. The monoisotopic (exact) mass is 497 g/mol. The summed E-state index contributed by atoms with van der Waals surface area (Å²) in [4.78, 5) is 19.8. The number of nitrogens with zero attached hydrogens (tertiary/aromatic N) is 3. The predicted octanol–water partition coefficient (Wildman–Crippen LogP) is 5.11. The van der Waals surface area contributed by atoms with Crippen molar-refractivity contribution in [3.8, 4) is 5.95 Å². The van der Waals surface area contributed by atoms with Gasteiger partial charge >= 0.3 is 12.1 Å². The molecule has 4 rings (SSSR count).